The van der Waals surface area contributed by atoms with Crippen LogP contribution in [0.15, 0.2) is 15.9 Å². The van der Waals surface area contributed by atoms with Crippen molar-refractivity contribution in [3.05, 3.63) is 20.8 Å². The van der Waals surface area contributed by atoms with Crippen LogP contribution in [0.25, 0.3) is 0 Å². The molecule has 1 aromatic rings. The number of rotatable bonds is 4. The molecule has 0 radical (unpaired) electrons. The minimum atomic E-state index is 0.336. The Morgan fingerprint density at radius 2 is 2.19 bits per heavy atom. The average molecular weight is 320 g/mol. The maximum absolute atomic E-state index is 6.24. The molecule has 1 fully saturated rings. The summed E-state index contributed by atoms with van der Waals surface area (Å²) in [5, 5.41) is 2.13. The van der Waals surface area contributed by atoms with Crippen molar-refractivity contribution in [3.8, 4) is 0 Å². The number of thiophene rings is 1. The maximum atomic E-state index is 6.24. The highest BCUT2D eigenvalue weighted by Gasteiger charge is 2.18. The van der Waals surface area contributed by atoms with Crippen LogP contribution in [-0.2, 0) is 6.42 Å². The number of hydrogen-bond acceptors (Lipinski definition) is 3. The minimum absolute atomic E-state index is 0.336. The fourth-order valence-electron chi connectivity index (χ4n) is 2.20. The zero-order valence-electron chi connectivity index (χ0n) is 9.32. The molecule has 4 heteroatoms. The highest BCUT2D eigenvalue weighted by Crippen LogP contribution is 2.28. The van der Waals surface area contributed by atoms with Gasteiger partial charge in [-0.1, -0.05) is 0 Å². The van der Waals surface area contributed by atoms with Gasteiger partial charge in [-0.05, 0) is 70.5 Å². The molecule has 90 valence electrons. The number of hydrogen-bond donors (Lipinski definition) is 1. The summed E-state index contributed by atoms with van der Waals surface area (Å²) in [4.78, 5) is 1.40. The summed E-state index contributed by atoms with van der Waals surface area (Å²) >= 11 is 7.47. The van der Waals surface area contributed by atoms with Gasteiger partial charge in [0.2, 0.25) is 0 Å². The third-order valence-electron chi connectivity index (χ3n) is 3.12. The molecule has 0 spiro atoms. The van der Waals surface area contributed by atoms with E-state index in [1.165, 1.54) is 40.1 Å². The van der Waals surface area contributed by atoms with Crippen LogP contribution in [0.5, 0.6) is 0 Å². The highest BCUT2D eigenvalue weighted by molar-refractivity contribution is 9.10. The highest BCUT2D eigenvalue weighted by atomic mass is 79.9. The van der Waals surface area contributed by atoms with Gasteiger partial charge in [0.25, 0.3) is 0 Å². The molecule has 1 aliphatic heterocycles. The molecule has 2 heterocycles. The molecular weight excluding hydrogens is 302 g/mol. The standard InChI is InChI=1S/C12H18BrNS2/c13-11-3-6-16-12(11)8-10(14)7-9-1-4-15-5-2-9/h3,6,9-10H,1-2,4-5,7-8,14H2. The van der Waals surface area contributed by atoms with E-state index in [1.807, 2.05) is 11.3 Å². The normalized spacial score (nSPS) is 19.9. The van der Waals surface area contributed by atoms with Gasteiger partial charge in [-0.3, -0.25) is 0 Å². The summed E-state index contributed by atoms with van der Waals surface area (Å²) in [6, 6.07) is 2.45. The van der Waals surface area contributed by atoms with Gasteiger partial charge in [-0.2, -0.15) is 11.8 Å². The molecule has 1 nitrogen and oxygen atoms in total. The Kier molecular flexibility index (Phi) is 5.20. The van der Waals surface area contributed by atoms with Crippen LogP contribution in [0, 0.1) is 5.92 Å². The van der Waals surface area contributed by atoms with Crippen LogP contribution in [-0.4, -0.2) is 17.5 Å². The number of halogens is 1. The summed E-state index contributed by atoms with van der Waals surface area (Å²) in [6.07, 6.45) is 4.96. The molecule has 1 aliphatic rings. The second kappa shape index (κ2) is 6.43. The lowest BCUT2D eigenvalue weighted by molar-refractivity contribution is 0.406. The lowest BCUT2D eigenvalue weighted by Crippen LogP contribution is -2.27. The van der Waals surface area contributed by atoms with E-state index in [9.17, 15) is 0 Å². The van der Waals surface area contributed by atoms with Crippen molar-refractivity contribution in [3.63, 3.8) is 0 Å². The van der Waals surface area contributed by atoms with Crippen LogP contribution in [0.2, 0.25) is 0 Å². The summed E-state index contributed by atoms with van der Waals surface area (Å²) in [7, 11) is 0. The van der Waals surface area contributed by atoms with E-state index in [4.69, 9.17) is 5.73 Å². The number of thioether (sulfide) groups is 1. The summed E-state index contributed by atoms with van der Waals surface area (Å²) < 4.78 is 1.23. The topological polar surface area (TPSA) is 26.0 Å². The minimum Gasteiger partial charge on any atom is -0.327 e. The van der Waals surface area contributed by atoms with Gasteiger partial charge in [0.1, 0.15) is 0 Å². The van der Waals surface area contributed by atoms with Crippen molar-refractivity contribution in [2.45, 2.75) is 31.7 Å². The van der Waals surface area contributed by atoms with Gasteiger partial charge < -0.3 is 5.73 Å². The first-order valence-corrected chi connectivity index (χ1v) is 8.63. The molecule has 0 saturated carbocycles. The van der Waals surface area contributed by atoms with Gasteiger partial charge in [0.05, 0.1) is 0 Å². The first-order valence-electron chi connectivity index (χ1n) is 5.81. The van der Waals surface area contributed by atoms with E-state index in [1.54, 1.807) is 0 Å². The Balaban J connectivity index is 1.79. The average Bonchev–Trinajstić information content (AvgIpc) is 2.66. The summed E-state index contributed by atoms with van der Waals surface area (Å²) in [5.41, 5.74) is 6.24. The summed E-state index contributed by atoms with van der Waals surface area (Å²) in [5.74, 6) is 3.54. The lowest BCUT2D eigenvalue weighted by atomic mass is 9.93. The van der Waals surface area contributed by atoms with Crippen LogP contribution in [0.3, 0.4) is 0 Å². The molecule has 0 bridgehead atoms. The number of nitrogens with two attached hydrogens (primary N) is 1. The zero-order valence-corrected chi connectivity index (χ0v) is 12.5. The van der Waals surface area contributed by atoms with E-state index in [0.717, 1.165) is 12.3 Å². The lowest BCUT2D eigenvalue weighted by Gasteiger charge is -2.24. The first kappa shape index (κ1) is 12.9. The van der Waals surface area contributed by atoms with Crippen LogP contribution >= 0.6 is 39.0 Å². The predicted molar refractivity (Wildman–Crippen MR) is 78.4 cm³/mol. The molecule has 2 N–H and O–H groups in total. The largest absolute Gasteiger partial charge is 0.327 e. The van der Waals surface area contributed by atoms with Gasteiger partial charge in [0.15, 0.2) is 0 Å². The quantitative estimate of drug-likeness (QED) is 0.910. The van der Waals surface area contributed by atoms with Crippen molar-refractivity contribution >= 4 is 39.0 Å². The second-order valence-electron chi connectivity index (χ2n) is 4.45. The van der Waals surface area contributed by atoms with E-state index in [-0.39, 0.29) is 0 Å². The molecule has 0 amide bonds. The predicted octanol–water partition coefficient (Wildman–Crippen LogP) is 3.91. The van der Waals surface area contributed by atoms with Gasteiger partial charge in [-0.15, -0.1) is 11.3 Å². The van der Waals surface area contributed by atoms with Gasteiger partial charge >= 0.3 is 0 Å². The first-order chi connectivity index (χ1) is 7.75. The molecule has 1 aromatic heterocycles. The molecule has 1 saturated heterocycles. The molecule has 1 atom stereocenters. The van der Waals surface area contributed by atoms with E-state index < -0.39 is 0 Å². The second-order valence-corrected chi connectivity index (χ2v) is 7.53. The Bertz CT molecular complexity index is 321. The third-order valence-corrected chi connectivity index (χ3v) is 6.11. The van der Waals surface area contributed by atoms with Crippen molar-refractivity contribution < 1.29 is 0 Å². The summed E-state index contributed by atoms with van der Waals surface area (Å²) in [6.45, 7) is 0. The van der Waals surface area contributed by atoms with E-state index >= 15 is 0 Å². The van der Waals surface area contributed by atoms with Crippen molar-refractivity contribution in [2.24, 2.45) is 11.7 Å². The molecule has 1 unspecified atom stereocenters. The smallest absolute Gasteiger partial charge is 0.0314 e. The molecule has 16 heavy (non-hydrogen) atoms. The Morgan fingerprint density at radius 1 is 1.44 bits per heavy atom. The van der Waals surface area contributed by atoms with Crippen LogP contribution < -0.4 is 5.73 Å². The SMILES string of the molecule is NC(Cc1sccc1Br)CC1CCSCC1. The molecule has 0 aliphatic carbocycles. The zero-order chi connectivity index (χ0) is 11.4. The van der Waals surface area contributed by atoms with Gasteiger partial charge in [-0.25, -0.2) is 0 Å². The fraction of sp³-hybridized carbons (Fsp3) is 0.667. The van der Waals surface area contributed by atoms with E-state index in [0.29, 0.717) is 6.04 Å². The Hall–Kier alpha value is 0.490. The van der Waals surface area contributed by atoms with Crippen LogP contribution in [0.4, 0.5) is 0 Å². The third kappa shape index (κ3) is 3.76. The van der Waals surface area contributed by atoms with Crippen molar-refractivity contribution in [1.29, 1.82) is 0 Å². The Labute approximate surface area is 114 Å². The van der Waals surface area contributed by atoms with Crippen molar-refractivity contribution in [2.75, 3.05) is 11.5 Å². The molecule has 2 rings (SSSR count). The fourth-order valence-corrected chi connectivity index (χ4v) is 5.02. The maximum Gasteiger partial charge on any atom is 0.0314 e. The van der Waals surface area contributed by atoms with Gasteiger partial charge in [0, 0.05) is 15.4 Å². The van der Waals surface area contributed by atoms with Crippen LogP contribution in [0.1, 0.15) is 24.1 Å². The molecule has 0 aromatic carbocycles. The van der Waals surface area contributed by atoms with Crippen molar-refractivity contribution in [1.82, 2.24) is 0 Å². The monoisotopic (exact) mass is 319 g/mol. The Morgan fingerprint density at radius 3 is 2.81 bits per heavy atom. The molecular formula is C12H18BrNS2. The van der Waals surface area contributed by atoms with E-state index in [2.05, 4.69) is 39.1 Å².